The minimum atomic E-state index is -0.0591. The van der Waals surface area contributed by atoms with Crippen LogP contribution >= 0.6 is 0 Å². The van der Waals surface area contributed by atoms with Gasteiger partial charge in [-0.05, 0) is 74.5 Å². The molecule has 29 heavy (non-hydrogen) atoms. The minimum Gasteiger partial charge on any atom is -0.388 e. The Hall–Kier alpha value is -2.51. The SMILES string of the molecule is Cc1cc(C)c(CN2CCC(Cc3nnc(CO)n3C)CC2)c(-n2cccn2)c1. The zero-order valence-electron chi connectivity index (χ0n) is 17.5. The Kier molecular flexibility index (Phi) is 5.78. The summed E-state index contributed by atoms with van der Waals surface area (Å²) in [5.41, 5.74) is 5.14. The molecule has 4 rings (SSSR count). The van der Waals surface area contributed by atoms with Gasteiger partial charge < -0.3 is 9.67 Å². The predicted molar refractivity (Wildman–Crippen MR) is 112 cm³/mol. The summed E-state index contributed by atoms with van der Waals surface area (Å²) < 4.78 is 3.91. The number of aryl methyl sites for hydroxylation is 2. The van der Waals surface area contributed by atoms with E-state index in [2.05, 4.69) is 46.2 Å². The third kappa shape index (κ3) is 4.26. The van der Waals surface area contributed by atoms with Crippen LogP contribution in [0.25, 0.3) is 5.69 Å². The number of rotatable bonds is 6. The van der Waals surface area contributed by atoms with Crippen molar-refractivity contribution in [2.45, 2.75) is 46.3 Å². The van der Waals surface area contributed by atoms with Gasteiger partial charge in [0.2, 0.25) is 0 Å². The summed E-state index contributed by atoms with van der Waals surface area (Å²) in [5.74, 6) is 2.23. The van der Waals surface area contributed by atoms with E-state index >= 15 is 0 Å². The van der Waals surface area contributed by atoms with Crippen LogP contribution < -0.4 is 0 Å². The van der Waals surface area contributed by atoms with Crippen LogP contribution in [0.15, 0.2) is 30.6 Å². The maximum absolute atomic E-state index is 9.31. The van der Waals surface area contributed by atoms with Crippen molar-refractivity contribution in [1.82, 2.24) is 29.4 Å². The summed E-state index contributed by atoms with van der Waals surface area (Å²) in [4.78, 5) is 2.55. The molecule has 0 spiro atoms. The molecule has 0 radical (unpaired) electrons. The summed E-state index contributed by atoms with van der Waals surface area (Å²) in [7, 11) is 1.94. The standard InChI is InChI=1S/C22H30N6O/c1-16-11-17(2)19(20(12-16)28-8-4-7-23-28)14-27-9-5-18(6-10-27)13-21-24-25-22(15-29)26(21)3/h4,7-8,11-12,18,29H,5-6,9-10,13-15H2,1-3H3. The minimum absolute atomic E-state index is 0.0591. The molecule has 1 saturated heterocycles. The van der Waals surface area contributed by atoms with Gasteiger partial charge in [-0.25, -0.2) is 4.68 Å². The van der Waals surface area contributed by atoms with Crippen LogP contribution in [0.3, 0.4) is 0 Å². The zero-order valence-corrected chi connectivity index (χ0v) is 17.5. The lowest BCUT2D eigenvalue weighted by Crippen LogP contribution is -2.34. The highest BCUT2D eigenvalue weighted by Gasteiger charge is 2.23. The number of aliphatic hydroxyl groups excluding tert-OH is 1. The van der Waals surface area contributed by atoms with Crippen molar-refractivity contribution in [3.63, 3.8) is 0 Å². The molecule has 7 heteroatoms. The fourth-order valence-corrected chi connectivity index (χ4v) is 4.34. The molecule has 3 heterocycles. The summed E-state index contributed by atoms with van der Waals surface area (Å²) in [6.07, 6.45) is 7.10. The maximum Gasteiger partial charge on any atom is 0.158 e. The average molecular weight is 395 g/mol. The van der Waals surface area contributed by atoms with Gasteiger partial charge in [-0.2, -0.15) is 5.10 Å². The lowest BCUT2D eigenvalue weighted by molar-refractivity contribution is 0.175. The van der Waals surface area contributed by atoms with Crippen molar-refractivity contribution in [2.24, 2.45) is 13.0 Å². The van der Waals surface area contributed by atoms with Gasteiger partial charge in [0.25, 0.3) is 0 Å². The topological polar surface area (TPSA) is 72.0 Å². The highest BCUT2D eigenvalue weighted by atomic mass is 16.3. The number of piperidine rings is 1. The number of aromatic nitrogens is 5. The lowest BCUT2D eigenvalue weighted by atomic mass is 9.92. The second-order valence-electron chi connectivity index (χ2n) is 8.20. The predicted octanol–water partition coefficient (Wildman–Crippen LogP) is 2.56. The first-order valence-corrected chi connectivity index (χ1v) is 10.4. The fourth-order valence-electron chi connectivity index (χ4n) is 4.34. The molecule has 0 saturated carbocycles. The lowest BCUT2D eigenvalue weighted by Gasteiger charge is -2.32. The largest absolute Gasteiger partial charge is 0.388 e. The van der Waals surface area contributed by atoms with Crippen LogP contribution in [0.4, 0.5) is 0 Å². The molecule has 1 aliphatic heterocycles. The molecule has 1 fully saturated rings. The van der Waals surface area contributed by atoms with Crippen molar-refractivity contribution >= 4 is 0 Å². The molecule has 1 N–H and O–H groups in total. The van der Waals surface area contributed by atoms with Gasteiger partial charge in [-0.3, -0.25) is 4.90 Å². The van der Waals surface area contributed by atoms with E-state index in [1.807, 2.05) is 34.8 Å². The van der Waals surface area contributed by atoms with Crippen molar-refractivity contribution in [1.29, 1.82) is 0 Å². The first-order chi connectivity index (χ1) is 14.0. The molecule has 0 aliphatic carbocycles. The van der Waals surface area contributed by atoms with Crippen LogP contribution in [-0.4, -0.2) is 47.6 Å². The molecule has 154 valence electrons. The molecule has 2 aromatic heterocycles. The van der Waals surface area contributed by atoms with Crippen LogP contribution in [0.1, 0.15) is 41.2 Å². The molecule has 7 nitrogen and oxygen atoms in total. The Morgan fingerprint density at radius 2 is 1.86 bits per heavy atom. The Bertz CT molecular complexity index is 954. The van der Waals surface area contributed by atoms with E-state index in [1.54, 1.807) is 0 Å². The first kappa shape index (κ1) is 19.8. The van der Waals surface area contributed by atoms with Crippen molar-refractivity contribution in [2.75, 3.05) is 13.1 Å². The zero-order chi connectivity index (χ0) is 20.4. The average Bonchev–Trinajstić information content (AvgIpc) is 3.36. The van der Waals surface area contributed by atoms with E-state index in [9.17, 15) is 5.11 Å². The van der Waals surface area contributed by atoms with Gasteiger partial charge in [0.05, 0.1) is 5.69 Å². The molecule has 0 unspecified atom stereocenters. The number of benzene rings is 1. The second kappa shape index (κ2) is 8.47. The molecular formula is C22H30N6O. The Morgan fingerprint density at radius 3 is 2.52 bits per heavy atom. The molecule has 3 aromatic rings. The molecule has 0 amide bonds. The summed E-state index contributed by atoms with van der Waals surface area (Å²) in [6, 6.07) is 6.47. The third-order valence-corrected chi connectivity index (χ3v) is 6.10. The first-order valence-electron chi connectivity index (χ1n) is 10.4. The number of hydrogen-bond acceptors (Lipinski definition) is 5. The monoisotopic (exact) mass is 394 g/mol. The third-order valence-electron chi connectivity index (χ3n) is 6.10. The van der Waals surface area contributed by atoms with Gasteiger partial charge in [-0.15, -0.1) is 10.2 Å². The van der Waals surface area contributed by atoms with E-state index < -0.39 is 0 Å². The molecule has 0 atom stereocenters. The van der Waals surface area contributed by atoms with Gasteiger partial charge in [-0.1, -0.05) is 6.07 Å². The van der Waals surface area contributed by atoms with Crippen molar-refractivity contribution < 1.29 is 5.11 Å². The molecular weight excluding hydrogens is 364 g/mol. The van der Waals surface area contributed by atoms with Crippen LogP contribution in [0.2, 0.25) is 0 Å². The van der Waals surface area contributed by atoms with E-state index in [4.69, 9.17) is 0 Å². The Morgan fingerprint density at radius 1 is 1.10 bits per heavy atom. The fraction of sp³-hybridized carbons (Fsp3) is 0.500. The molecule has 0 bridgehead atoms. The van der Waals surface area contributed by atoms with Crippen LogP contribution in [0.5, 0.6) is 0 Å². The number of likely N-dealkylation sites (tertiary alicyclic amines) is 1. The quantitative estimate of drug-likeness (QED) is 0.696. The van der Waals surface area contributed by atoms with Crippen LogP contribution in [-0.2, 0) is 26.6 Å². The van der Waals surface area contributed by atoms with E-state index in [0.717, 1.165) is 44.7 Å². The normalized spacial score (nSPS) is 15.9. The maximum atomic E-state index is 9.31. The Balaban J connectivity index is 1.42. The highest BCUT2D eigenvalue weighted by molar-refractivity contribution is 5.48. The van der Waals surface area contributed by atoms with Crippen molar-refractivity contribution in [3.8, 4) is 5.69 Å². The van der Waals surface area contributed by atoms with Gasteiger partial charge in [0.15, 0.2) is 5.82 Å². The van der Waals surface area contributed by atoms with Gasteiger partial charge >= 0.3 is 0 Å². The molecule has 1 aromatic carbocycles. The summed E-state index contributed by atoms with van der Waals surface area (Å²) in [5, 5.41) is 22.1. The van der Waals surface area contributed by atoms with E-state index in [-0.39, 0.29) is 6.61 Å². The second-order valence-corrected chi connectivity index (χ2v) is 8.20. The smallest absolute Gasteiger partial charge is 0.158 e. The van der Waals surface area contributed by atoms with Gasteiger partial charge in [0, 0.05) is 32.4 Å². The number of nitrogens with zero attached hydrogens (tertiary/aromatic N) is 6. The number of hydrogen-bond donors (Lipinski definition) is 1. The van der Waals surface area contributed by atoms with Crippen LogP contribution in [0, 0.1) is 19.8 Å². The highest BCUT2D eigenvalue weighted by Crippen LogP contribution is 2.26. The van der Waals surface area contributed by atoms with E-state index in [1.165, 1.54) is 22.4 Å². The van der Waals surface area contributed by atoms with Gasteiger partial charge in [0.1, 0.15) is 12.4 Å². The van der Waals surface area contributed by atoms with E-state index in [0.29, 0.717) is 11.7 Å². The van der Waals surface area contributed by atoms with Crippen molar-refractivity contribution in [3.05, 3.63) is 58.9 Å². The summed E-state index contributed by atoms with van der Waals surface area (Å²) >= 11 is 0. The summed E-state index contributed by atoms with van der Waals surface area (Å²) in [6.45, 7) is 7.41. The Labute approximate surface area is 172 Å². The number of aliphatic hydroxyl groups is 1. The molecule has 1 aliphatic rings.